The Balaban J connectivity index is -0.00000000450. The molecular formula is C2H6O2Pb2. The molecule has 0 N–H and O–H groups in total. The standard InChI is InChI=1S/C2H4O2.2Pb.3H/c1-2(3)4;;;;;/h1H3,(H,3,4);;;;;/q;2*+2;3*-1/p-1. The Morgan fingerprint density at radius 1 is 1.67 bits per heavy atom. The third kappa shape index (κ3) is 57.3. The summed E-state index contributed by atoms with van der Waals surface area (Å²) in [5.41, 5.74) is 0. The van der Waals surface area contributed by atoms with Gasteiger partial charge in [-0.15, -0.1) is 0 Å². The Bertz CT molecular complexity index is 40.8. The molecule has 0 bridgehead atoms. The Labute approximate surface area is 81.1 Å². The summed E-state index contributed by atoms with van der Waals surface area (Å²) in [6, 6.07) is 0. The maximum Gasteiger partial charge on any atom is 2.00 e. The van der Waals surface area contributed by atoms with Crippen molar-refractivity contribution in [2.45, 2.75) is 6.92 Å². The molecule has 0 rings (SSSR count). The average molecular weight is 476 g/mol. The van der Waals surface area contributed by atoms with Crippen molar-refractivity contribution < 1.29 is 14.2 Å². The van der Waals surface area contributed by atoms with Crippen LogP contribution >= 0.6 is 0 Å². The van der Waals surface area contributed by atoms with Crippen LogP contribution in [-0.4, -0.2) is 60.6 Å². The summed E-state index contributed by atoms with van der Waals surface area (Å²) in [6.07, 6.45) is 0. The fourth-order valence-electron chi connectivity index (χ4n) is 0. The second kappa shape index (κ2) is 9.58. The second-order valence-electron chi connectivity index (χ2n) is 0.492. The smallest absolute Gasteiger partial charge is 1.00 e. The van der Waals surface area contributed by atoms with Crippen molar-refractivity contribution in [3.63, 3.8) is 0 Å². The van der Waals surface area contributed by atoms with Crippen molar-refractivity contribution in [2.75, 3.05) is 0 Å². The van der Waals surface area contributed by atoms with Crippen molar-refractivity contribution in [1.82, 2.24) is 0 Å². The first-order valence-corrected chi connectivity index (χ1v) is 0.908. The number of rotatable bonds is 0. The molecule has 0 heterocycles. The fourth-order valence-corrected chi connectivity index (χ4v) is 0. The van der Waals surface area contributed by atoms with Crippen LogP contribution < -0.4 is 5.11 Å². The van der Waals surface area contributed by atoms with Crippen LogP contribution in [0.5, 0.6) is 0 Å². The number of hydrogen-bond acceptors (Lipinski definition) is 2. The first-order valence-electron chi connectivity index (χ1n) is 0.908. The van der Waals surface area contributed by atoms with E-state index in [0.717, 1.165) is 6.92 Å². The minimum absolute atomic E-state index is 0. The third-order valence-corrected chi connectivity index (χ3v) is 0. The van der Waals surface area contributed by atoms with Crippen LogP contribution in [0.4, 0.5) is 0 Å². The Morgan fingerprint density at radius 2 is 1.67 bits per heavy atom. The molecule has 0 aromatic heterocycles. The summed E-state index contributed by atoms with van der Waals surface area (Å²) >= 11 is 0. The Morgan fingerprint density at radius 3 is 1.67 bits per heavy atom. The molecule has 0 aliphatic heterocycles. The summed E-state index contributed by atoms with van der Waals surface area (Å²) in [6.45, 7) is 0.972. The molecule has 0 fully saturated rings. The van der Waals surface area contributed by atoms with Gasteiger partial charge in [-0.2, -0.15) is 0 Å². The molecule has 0 atom stereocenters. The molecule has 0 aliphatic carbocycles. The number of carbonyl (C=O) groups is 1. The van der Waals surface area contributed by atoms with Crippen molar-refractivity contribution in [3.8, 4) is 0 Å². The monoisotopic (exact) mass is 478 g/mol. The quantitative estimate of drug-likeness (QED) is 0.393. The van der Waals surface area contributed by atoms with Crippen LogP contribution in [0.1, 0.15) is 11.2 Å². The van der Waals surface area contributed by atoms with Gasteiger partial charge in [-0.25, -0.2) is 0 Å². The maximum absolute atomic E-state index is 8.89. The molecule has 6 heavy (non-hydrogen) atoms. The van der Waals surface area contributed by atoms with Crippen LogP contribution in [-0.2, 0) is 4.79 Å². The van der Waals surface area contributed by atoms with Gasteiger partial charge in [-0.1, -0.05) is 0 Å². The number of carboxylic acid groups (broad SMARTS) is 1. The third-order valence-electron chi connectivity index (χ3n) is 0. The van der Waals surface area contributed by atoms with Gasteiger partial charge in [-0.3, -0.25) is 0 Å². The molecule has 0 aliphatic rings. The molecule has 2 nitrogen and oxygen atoms in total. The van der Waals surface area contributed by atoms with E-state index in [4.69, 9.17) is 9.90 Å². The normalized spacial score (nSPS) is 4.17. The van der Waals surface area contributed by atoms with Crippen molar-refractivity contribution in [3.05, 3.63) is 0 Å². The predicted octanol–water partition coefficient (Wildman–Crippen LogP) is -1.67. The van der Waals surface area contributed by atoms with E-state index in [1.165, 1.54) is 0 Å². The van der Waals surface area contributed by atoms with Crippen molar-refractivity contribution >= 4 is 60.6 Å². The van der Waals surface area contributed by atoms with Gasteiger partial charge in [0.25, 0.3) is 0 Å². The number of aliphatic carboxylic acids is 1. The average Bonchev–Trinajstić information content (AvgIpc) is 0.811. The van der Waals surface area contributed by atoms with Gasteiger partial charge in [0.1, 0.15) is 0 Å². The zero-order chi connectivity index (χ0) is 3.58. The maximum atomic E-state index is 8.89. The van der Waals surface area contributed by atoms with Crippen LogP contribution in [0.15, 0.2) is 0 Å². The van der Waals surface area contributed by atoms with Crippen molar-refractivity contribution in [2.24, 2.45) is 0 Å². The van der Waals surface area contributed by atoms with Crippen LogP contribution in [0, 0.1) is 0 Å². The molecule has 4 heteroatoms. The van der Waals surface area contributed by atoms with E-state index >= 15 is 0 Å². The molecule has 0 saturated carbocycles. The summed E-state index contributed by atoms with van der Waals surface area (Å²) < 4.78 is 0. The van der Waals surface area contributed by atoms with E-state index in [0.29, 0.717) is 0 Å². The van der Waals surface area contributed by atoms with E-state index < -0.39 is 5.97 Å². The molecule has 0 saturated heterocycles. The predicted molar refractivity (Wildman–Crippen MR) is 25.5 cm³/mol. The topological polar surface area (TPSA) is 40.1 Å². The van der Waals surface area contributed by atoms with E-state index in [1.807, 2.05) is 0 Å². The SMILES string of the molecule is CC(=O)[O-].[H-].[H-].[H-].[Pb+2].[Pb+2]. The molecule has 0 amide bonds. The zero-order valence-corrected chi connectivity index (χ0v) is 11.1. The molecule has 0 unspecified atom stereocenters. The summed E-state index contributed by atoms with van der Waals surface area (Å²) in [4.78, 5) is 8.89. The molecule has 0 aromatic rings. The van der Waals surface area contributed by atoms with Crippen LogP contribution in [0.25, 0.3) is 0 Å². The zero-order valence-electron chi connectivity index (χ0n) is 6.32. The van der Waals surface area contributed by atoms with Crippen LogP contribution in [0.3, 0.4) is 0 Å². The van der Waals surface area contributed by atoms with Gasteiger partial charge >= 0.3 is 54.6 Å². The second-order valence-corrected chi connectivity index (χ2v) is 0.492. The largest absolute Gasteiger partial charge is 2.00 e. The van der Waals surface area contributed by atoms with Gasteiger partial charge in [0, 0.05) is 5.97 Å². The molecule has 34 valence electrons. The van der Waals surface area contributed by atoms with Gasteiger partial charge in [0.15, 0.2) is 0 Å². The van der Waals surface area contributed by atoms with Gasteiger partial charge < -0.3 is 14.2 Å². The van der Waals surface area contributed by atoms with Crippen LogP contribution in [0.2, 0.25) is 0 Å². The first-order chi connectivity index (χ1) is 1.73. The number of hydrogen-bond donors (Lipinski definition) is 0. The molecule has 0 aromatic carbocycles. The summed E-state index contributed by atoms with van der Waals surface area (Å²) in [5.74, 6) is -1.08. The minimum atomic E-state index is -1.08. The Kier molecular flexibility index (Phi) is 25.0. The first kappa shape index (κ1) is 15.7. The summed E-state index contributed by atoms with van der Waals surface area (Å²) in [5, 5.41) is 8.89. The fraction of sp³-hybridized carbons (Fsp3) is 0.500. The molecule has 0 spiro atoms. The number of carboxylic acids is 1. The number of carbonyl (C=O) groups excluding carboxylic acids is 1. The molecule has 4 radical (unpaired) electrons. The van der Waals surface area contributed by atoms with Crippen molar-refractivity contribution in [1.29, 1.82) is 0 Å². The molecular weight excluding hydrogens is 470 g/mol. The Hall–Kier alpha value is 1.31. The van der Waals surface area contributed by atoms with Gasteiger partial charge in [0.2, 0.25) is 0 Å². The summed E-state index contributed by atoms with van der Waals surface area (Å²) in [7, 11) is 0. The van der Waals surface area contributed by atoms with E-state index in [2.05, 4.69) is 0 Å². The van der Waals surface area contributed by atoms with E-state index in [1.54, 1.807) is 0 Å². The minimum Gasteiger partial charge on any atom is -1.00 e. The van der Waals surface area contributed by atoms with Gasteiger partial charge in [0.05, 0.1) is 0 Å². The van der Waals surface area contributed by atoms with E-state index in [-0.39, 0.29) is 58.9 Å². The van der Waals surface area contributed by atoms with E-state index in [9.17, 15) is 0 Å². The van der Waals surface area contributed by atoms with Gasteiger partial charge in [-0.05, 0) is 6.92 Å².